The number of aliphatic hydroxyl groups is 1. The average Bonchev–Trinajstić information content (AvgIpc) is 2.94. The fourth-order valence-electron chi connectivity index (χ4n) is 2.31. The fraction of sp³-hybridized carbons (Fsp3) is 0.909. The minimum absolute atomic E-state index is 0.226. The van der Waals surface area contributed by atoms with Crippen molar-refractivity contribution in [1.82, 2.24) is 4.90 Å². The molecule has 80 valence electrons. The Morgan fingerprint density at radius 3 is 2.86 bits per heavy atom. The summed E-state index contributed by atoms with van der Waals surface area (Å²) in [6, 6.07) is 0. The molecule has 0 aromatic heterocycles. The molecule has 0 radical (unpaired) electrons. The van der Waals surface area contributed by atoms with Crippen molar-refractivity contribution >= 4 is 5.91 Å². The second-order valence-corrected chi connectivity index (χ2v) is 4.79. The molecule has 0 aromatic carbocycles. The van der Waals surface area contributed by atoms with Gasteiger partial charge in [0.25, 0.3) is 0 Å². The first-order chi connectivity index (χ1) is 6.72. The summed E-state index contributed by atoms with van der Waals surface area (Å²) in [5.41, 5.74) is 0. The predicted molar refractivity (Wildman–Crippen MR) is 53.7 cm³/mol. The van der Waals surface area contributed by atoms with Gasteiger partial charge < -0.3 is 10.0 Å². The number of likely N-dealkylation sites (tertiary alicyclic amines) is 1. The van der Waals surface area contributed by atoms with Crippen molar-refractivity contribution in [2.45, 2.75) is 26.2 Å². The first-order valence-corrected chi connectivity index (χ1v) is 5.62. The zero-order valence-corrected chi connectivity index (χ0v) is 8.78. The maximum atomic E-state index is 11.9. The number of hydrogen-bond acceptors (Lipinski definition) is 2. The van der Waals surface area contributed by atoms with E-state index in [2.05, 4.69) is 6.92 Å². The highest BCUT2D eigenvalue weighted by Gasteiger charge is 2.42. The van der Waals surface area contributed by atoms with Gasteiger partial charge in [-0.2, -0.15) is 0 Å². The number of aliphatic hydroxyl groups excluding tert-OH is 1. The van der Waals surface area contributed by atoms with Gasteiger partial charge in [0.05, 0.1) is 0 Å². The third-order valence-electron chi connectivity index (χ3n) is 3.52. The Bertz CT molecular complexity index is 229. The molecular weight excluding hydrogens is 178 g/mol. The van der Waals surface area contributed by atoms with Gasteiger partial charge in [0, 0.05) is 25.6 Å². The molecule has 1 aliphatic carbocycles. The molecule has 0 bridgehead atoms. The van der Waals surface area contributed by atoms with E-state index in [-0.39, 0.29) is 6.61 Å². The van der Waals surface area contributed by atoms with Gasteiger partial charge in [-0.25, -0.2) is 0 Å². The van der Waals surface area contributed by atoms with Gasteiger partial charge in [-0.15, -0.1) is 0 Å². The van der Waals surface area contributed by atoms with Crippen molar-refractivity contribution in [1.29, 1.82) is 0 Å². The largest absolute Gasteiger partial charge is 0.396 e. The summed E-state index contributed by atoms with van der Waals surface area (Å²) in [4.78, 5) is 13.8. The molecule has 14 heavy (non-hydrogen) atoms. The van der Waals surface area contributed by atoms with Crippen molar-refractivity contribution in [2.24, 2.45) is 17.8 Å². The van der Waals surface area contributed by atoms with E-state index in [1.807, 2.05) is 4.90 Å². The number of nitrogens with zero attached hydrogens (tertiary/aromatic N) is 1. The number of carbonyl (C=O) groups excluding carboxylic acids is 1. The molecule has 2 fully saturated rings. The standard InChI is InChI=1S/C11H19NO2/c1-8-5-10(8)11(14)12-4-2-3-9(6-12)7-13/h8-10,13H,2-7H2,1H3. The van der Waals surface area contributed by atoms with Crippen LogP contribution in [-0.4, -0.2) is 35.6 Å². The quantitative estimate of drug-likeness (QED) is 0.713. The van der Waals surface area contributed by atoms with Gasteiger partial charge in [0.2, 0.25) is 5.91 Å². The molecule has 1 heterocycles. The zero-order valence-electron chi connectivity index (χ0n) is 8.78. The van der Waals surface area contributed by atoms with Gasteiger partial charge in [-0.3, -0.25) is 4.79 Å². The molecule has 0 spiro atoms. The highest BCUT2D eigenvalue weighted by atomic mass is 16.3. The molecule has 1 amide bonds. The van der Waals surface area contributed by atoms with E-state index < -0.39 is 0 Å². The van der Waals surface area contributed by atoms with Crippen LogP contribution in [0, 0.1) is 17.8 Å². The summed E-state index contributed by atoms with van der Waals surface area (Å²) in [6.45, 7) is 4.04. The van der Waals surface area contributed by atoms with Crippen molar-refractivity contribution < 1.29 is 9.90 Å². The third kappa shape index (κ3) is 1.92. The van der Waals surface area contributed by atoms with E-state index in [4.69, 9.17) is 5.11 Å². The number of hydrogen-bond donors (Lipinski definition) is 1. The lowest BCUT2D eigenvalue weighted by Crippen LogP contribution is -2.41. The lowest BCUT2D eigenvalue weighted by molar-refractivity contribution is -0.135. The van der Waals surface area contributed by atoms with Crippen molar-refractivity contribution in [3.8, 4) is 0 Å². The third-order valence-corrected chi connectivity index (χ3v) is 3.52. The van der Waals surface area contributed by atoms with Crippen LogP contribution in [0.25, 0.3) is 0 Å². The maximum Gasteiger partial charge on any atom is 0.225 e. The Morgan fingerprint density at radius 1 is 1.57 bits per heavy atom. The zero-order chi connectivity index (χ0) is 10.1. The van der Waals surface area contributed by atoms with Crippen LogP contribution in [0.3, 0.4) is 0 Å². The Morgan fingerprint density at radius 2 is 2.29 bits per heavy atom. The maximum absolute atomic E-state index is 11.9. The van der Waals surface area contributed by atoms with Gasteiger partial charge in [0.1, 0.15) is 0 Å². The van der Waals surface area contributed by atoms with E-state index in [9.17, 15) is 4.79 Å². The summed E-state index contributed by atoms with van der Waals surface area (Å²) in [6.07, 6.45) is 3.19. The highest BCUT2D eigenvalue weighted by Crippen LogP contribution is 2.39. The summed E-state index contributed by atoms with van der Waals surface area (Å²) >= 11 is 0. The molecule has 3 atom stereocenters. The Kier molecular flexibility index (Phi) is 2.77. The van der Waals surface area contributed by atoms with Crippen LogP contribution in [0.5, 0.6) is 0 Å². The summed E-state index contributed by atoms with van der Waals surface area (Å²) in [7, 11) is 0. The monoisotopic (exact) mass is 197 g/mol. The van der Waals surface area contributed by atoms with Crippen molar-refractivity contribution in [3.63, 3.8) is 0 Å². The minimum atomic E-state index is 0.226. The van der Waals surface area contributed by atoms with Crippen molar-refractivity contribution in [2.75, 3.05) is 19.7 Å². The first-order valence-electron chi connectivity index (χ1n) is 5.62. The van der Waals surface area contributed by atoms with Gasteiger partial charge in [-0.05, 0) is 31.1 Å². The van der Waals surface area contributed by atoms with E-state index in [1.165, 1.54) is 0 Å². The van der Waals surface area contributed by atoms with Crippen LogP contribution in [0.4, 0.5) is 0 Å². The normalized spacial score (nSPS) is 37.0. The molecule has 2 rings (SSSR count). The van der Waals surface area contributed by atoms with Crippen LogP contribution < -0.4 is 0 Å². The molecule has 1 aliphatic heterocycles. The molecule has 0 aromatic rings. The lowest BCUT2D eigenvalue weighted by atomic mass is 9.98. The number of amides is 1. The van der Waals surface area contributed by atoms with Crippen LogP contribution in [0.1, 0.15) is 26.2 Å². The Labute approximate surface area is 85.1 Å². The second kappa shape index (κ2) is 3.89. The Hall–Kier alpha value is -0.570. The second-order valence-electron chi connectivity index (χ2n) is 4.79. The molecular formula is C11H19NO2. The van der Waals surface area contributed by atoms with Crippen LogP contribution in [-0.2, 0) is 4.79 Å². The summed E-state index contributed by atoms with van der Waals surface area (Å²) in [5.74, 6) is 1.54. The van der Waals surface area contributed by atoms with Gasteiger partial charge in [-0.1, -0.05) is 6.92 Å². The molecule has 3 unspecified atom stereocenters. The topological polar surface area (TPSA) is 40.5 Å². The molecule has 2 aliphatic rings. The number of rotatable bonds is 2. The van der Waals surface area contributed by atoms with E-state index in [0.29, 0.717) is 23.7 Å². The summed E-state index contributed by atoms with van der Waals surface area (Å²) < 4.78 is 0. The molecule has 3 nitrogen and oxygen atoms in total. The van der Waals surface area contributed by atoms with E-state index >= 15 is 0 Å². The lowest BCUT2D eigenvalue weighted by Gasteiger charge is -2.32. The van der Waals surface area contributed by atoms with Crippen LogP contribution in [0.15, 0.2) is 0 Å². The smallest absolute Gasteiger partial charge is 0.225 e. The van der Waals surface area contributed by atoms with E-state index in [0.717, 1.165) is 32.4 Å². The van der Waals surface area contributed by atoms with E-state index in [1.54, 1.807) is 0 Å². The molecule has 1 saturated carbocycles. The summed E-state index contributed by atoms with van der Waals surface area (Å²) in [5, 5.41) is 9.06. The van der Waals surface area contributed by atoms with Crippen LogP contribution >= 0.6 is 0 Å². The van der Waals surface area contributed by atoms with Gasteiger partial charge >= 0.3 is 0 Å². The average molecular weight is 197 g/mol. The SMILES string of the molecule is CC1CC1C(=O)N1CCCC(CO)C1. The molecule has 1 saturated heterocycles. The molecule has 1 N–H and O–H groups in total. The van der Waals surface area contributed by atoms with Crippen molar-refractivity contribution in [3.05, 3.63) is 0 Å². The number of piperidine rings is 1. The minimum Gasteiger partial charge on any atom is -0.396 e. The Balaban J connectivity index is 1.87. The van der Waals surface area contributed by atoms with Gasteiger partial charge in [0.15, 0.2) is 0 Å². The molecule has 3 heteroatoms. The fourth-order valence-corrected chi connectivity index (χ4v) is 2.31. The highest BCUT2D eigenvalue weighted by molar-refractivity contribution is 5.81. The number of carbonyl (C=O) groups is 1. The first kappa shape index (κ1) is 9.97. The van der Waals surface area contributed by atoms with Crippen LogP contribution in [0.2, 0.25) is 0 Å². The predicted octanol–water partition coefficient (Wildman–Crippen LogP) is 0.873.